The Labute approximate surface area is 78.8 Å². The van der Waals surface area contributed by atoms with Gasteiger partial charge in [-0.05, 0) is 18.9 Å². The van der Waals surface area contributed by atoms with E-state index in [1.54, 1.807) is 6.92 Å². The summed E-state index contributed by atoms with van der Waals surface area (Å²) in [5.74, 6) is -1.87. The first-order valence-corrected chi connectivity index (χ1v) is 4.28. The third-order valence-electron chi connectivity index (χ3n) is 1.22. The smallest absolute Gasteiger partial charge is 0.338 e. The molecule has 1 N–H and O–H groups in total. The Morgan fingerprint density at radius 2 is 1.85 bits per heavy atom. The van der Waals surface area contributed by atoms with E-state index in [1.807, 2.05) is 13.8 Å². The highest BCUT2D eigenvalue weighted by Gasteiger charge is 2.13. The number of rotatable bonds is 3. The van der Waals surface area contributed by atoms with Crippen LogP contribution in [0.1, 0.15) is 34.1 Å². The fourth-order valence-corrected chi connectivity index (χ4v) is 0.707. The lowest BCUT2D eigenvalue weighted by Gasteiger charge is -2.01. The summed E-state index contributed by atoms with van der Waals surface area (Å²) < 4.78 is 12.7. The summed E-state index contributed by atoms with van der Waals surface area (Å²) in [6.45, 7) is 10.4. The number of hydrogen-bond donors (Lipinski definition) is 1. The Bertz CT molecular complexity index is 201. The molecule has 0 radical (unpaired) electrons. The largest absolute Gasteiger partial charge is 0.478 e. The first-order chi connectivity index (χ1) is 6.00. The highest BCUT2D eigenvalue weighted by Crippen LogP contribution is 2.16. The van der Waals surface area contributed by atoms with Crippen molar-refractivity contribution in [3.05, 3.63) is 23.6 Å². The number of carboxylic acids is 1. The quantitative estimate of drug-likeness (QED) is 0.545. The maximum Gasteiger partial charge on any atom is 0.338 e. The molecule has 0 aromatic carbocycles. The third-order valence-corrected chi connectivity index (χ3v) is 1.22. The van der Waals surface area contributed by atoms with Crippen molar-refractivity contribution in [3.8, 4) is 0 Å². The van der Waals surface area contributed by atoms with E-state index in [9.17, 15) is 9.18 Å². The average molecular weight is 188 g/mol. The zero-order valence-corrected chi connectivity index (χ0v) is 8.65. The van der Waals surface area contributed by atoms with Gasteiger partial charge in [-0.15, -0.1) is 0 Å². The van der Waals surface area contributed by atoms with Crippen LogP contribution in [0.15, 0.2) is 23.6 Å². The molecule has 0 aromatic rings. The van der Waals surface area contributed by atoms with Gasteiger partial charge >= 0.3 is 5.97 Å². The molecule has 2 nitrogen and oxygen atoms in total. The zero-order chi connectivity index (χ0) is 11.0. The standard InChI is InChI=1S/C8H11FO2.C2H6/c1-4-6(9)7(5(2)3)8(10)11;1-2/h2,4H2,1,3H3,(H,10,11);1-2H3/b7-6-;. The number of carboxylic acid groups (broad SMARTS) is 1. The van der Waals surface area contributed by atoms with E-state index in [2.05, 4.69) is 6.58 Å². The Morgan fingerprint density at radius 1 is 1.46 bits per heavy atom. The molecular formula is C10H17FO2. The van der Waals surface area contributed by atoms with Gasteiger partial charge in [-0.1, -0.05) is 27.4 Å². The molecule has 0 aromatic heterocycles. The van der Waals surface area contributed by atoms with Gasteiger partial charge in [-0.2, -0.15) is 0 Å². The van der Waals surface area contributed by atoms with Crippen molar-refractivity contribution in [2.45, 2.75) is 34.1 Å². The van der Waals surface area contributed by atoms with Gasteiger partial charge in [0.05, 0.1) is 5.57 Å². The van der Waals surface area contributed by atoms with Crippen LogP contribution in [0.2, 0.25) is 0 Å². The van der Waals surface area contributed by atoms with Crippen molar-refractivity contribution in [2.24, 2.45) is 0 Å². The second-order valence-corrected chi connectivity index (χ2v) is 2.22. The van der Waals surface area contributed by atoms with E-state index in [0.29, 0.717) is 0 Å². The molecule has 76 valence electrons. The zero-order valence-electron chi connectivity index (χ0n) is 8.65. The molecule has 0 fully saturated rings. The summed E-state index contributed by atoms with van der Waals surface area (Å²) in [6.07, 6.45) is 0.0918. The topological polar surface area (TPSA) is 37.3 Å². The number of allylic oxidation sites excluding steroid dienone is 1. The van der Waals surface area contributed by atoms with Gasteiger partial charge < -0.3 is 5.11 Å². The first-order valence-electron chi connectivity index (χ1n) is 4.28. The second kappa shape index (κ2) is 7.53. The Balaban J connectivity index is 0. The van der Waals surface area contributed by atoms with Crippen molar-refractivity contribution in [3.63, 3.8) is 0 Å². The average Bonchev–Trinajstić information content (AvgIpc) is 2.06. The minimum Gasteiger partial charge on any atom is -0.478 e. The SMILES string of the molecule is C=C(C)/C(C(=O)O)=C(/F)CC.CC. The van der Waals surface area contributed by atoms with Crippen molar-refractivity contribution in [1.29, 1.82) is 0 Å². The Hall–Kier alpha value is -1.12. The molecule has 0 aliphatic heterocycles. The molecule has 0 spiro atoms. The van der Waals surface area contributed by atoms with E-state index in [4.69, 9.17) is 5.11 Å². The molecule has 0 heterocycles. The molecule has 0 bridgehead atoms. The molecule has 0 saturated heterocycles. The van der Waals surface area contributed by atoms with Crippen LogP contribution in [-0.4, -0.2) is 11.1 Å². The number of halogens is 1. The van der Waals surface area contributed by atoms with E-state index >= 15 is 0 Å². The van der Waals surface area contributed by atoms with Crippen LogP contribution in [0.3, 0.4) is 0 Å². The predicted molar refractivity (Wildman–Crippen MR) is 52.2 cm³/mol. The first kappa shape index (κ1) is 14.4. The fourth-order valence-electron chi connectivity index (χ4n) is 0.707. The van der Waals surface area contributed by atoms with Gasteiger partial charge in [0.2, 0.25) is 0 Å². The summed E-state index contributed by atoms with van der Waals surface area (Å²) in [4.78, 5) is 10.4. The van der Waals surface area contributed by atoms with Gasteiger partial charge in [0, 0.05) is 0 Å². The molecular weight excluding hydrogens is 171 g/mol. The molecule has 0 aliphatic carbocycles. The number of aliphatic carboxylic acids is 1. The van der Waals surface area contributed by atoms with E-state index < -0.39 is 11.8 Å². The van der Waals surface area contributed by atoms with Gasteiger partial charge in [-0.3, -0.25) is 0 Å². The van der Waals surface area contributed by atoms with Crippen LogP contribution in [0.5, 0.6) is 0 Å². The van der Waals surface area contributed by atoms with Crippen LogP contribution in [0.25, 0.3) is 0 Å². The van der Waals surface area contributed by atoms with Gasteiger partial charge in [-0.25, -0.2) is 9.18 Å². The highest BCUT2D eigenvalue weighted by atomic mass is 19.1. The summed E-state index contributed by atoms with van der Waals surface area (Å²) in [5, 5.41) is 8.49. The normalized spacial score (nSPS) is 10.8. The maximum atomic E-state index is 12.7. The van der Waals surface area contributed by atoms with Crippen LogP contribution in [-0.2, 0) is 4.79 Å². The van der Waals surface area contributed by atoms with Crippen molar-refractivity contribution >= 4 is 5.97 Å². The molecule has 0 amide bonds. The van der Waals surface area contributed by atoms with E-state index in [1.165, 1.54) is 6.92 Å². The van der Waals surface area contributed by atoms with Crippen LogP contribution >= 0.6 is 0 Å². The molecule has 3 heteroatoms. The lowest BCUT2D eigenvalue weighted by molar-refractivity contribution is -0.132. The molecule has 13 heavy (non-hydrogen) atoms. The monoisotopic (exact) mass is 188 g/mol. The highest BCUT2D eigenvalue weighted by molar-refractivity contribution is 5.91. The number of hydrogen-bond acceptors (Lipinski definition) is 1. The van der Waals surface area contributed by atoms with Crippen molar-refractivity contribution < 1.29 is 14.3 Å². The summed E-state index contributed by atoms with van der Waals surface area (Å²) in [6, 6.07) is 0. The summed E-state index contributed by atoms with van der Waals surface area (Å²) in [5.41, 5.74) is -0.0515. The van der Waals surface area contributed by atoms with E-state index in [-0.39, 0.29) is 17.6 Å². The molecule has 0 aliphatic rings. The van der Waals surface area contributed by atoms with E-state index in [0.717, 1.165) is 0 Å². The second-order valence-electron chi connectivity index (χ2n) is 2.22. The van der Waals surface area contributed by atoms with Crippen LogP contribution in [0, 0.1) is 0 Å². The lowest BCUT2D eigenvalue weighted by Crippen LogP contribution is -2.03. The lowest BCUT2D eigenvalue weighted by atomic mass is 10.1. The van der Waals surface area contributed by atoms with Crippen LogP contribution in [0.4, 0.5) is 4.39 Å². The maximum absolute atomic E-state index is 12.7. The third kappa shape index (κ3) is 5.17. The molecule has 0 atom stereocenters. The minimum atomic E-state index is -1.25. The van der Waals surface area contributed by atoms with Gasteiger partial charge in [0.15, 0.2) is 0 Å². The van der Waals surface area contributed by atoms with Gasteiger partial charge in [0.25, 0.3) is 0 Å². The molecule has 0 unspecified atom stereocenters. The predicted octanol–water partition coefficient (Wildman–Crippen LogP) is 3.31. The number of carbonyl (C=O) groups is 1. The fraction of sp³-hybridized carbons (Fsp3) is 0.500. The Morgan fingerprint density at radius 3 is 1.92 bits per heavy atom. The summed E-state index contributed by atoms with van der Waals surface area (Å²) >= 11 is 0. The Kier molecular flexibility index (Phi) is 8.34. The molecule has 0 rings (SSSR count). The van der Waals surface area contributed by atoms with Gasteiger partial charge in [0.1, 0.15) is 5.83 Å². The van der Waals surface area contributed by atoms with Crippen molar-refractivity contribution in [2.75, 3.05) is 0 Å². The molecule has 0 saturated carbocycles. The minimum absolute atomic E-state index is 0.0918. The summed E-state index contributed by atoms with van der Waals surface area (Å²) in [7, 11) is 0. The van der Waals surface area contributed by atoms with Crippen molar-refractivity contribution in [1.82, 2.24) is 0 Å². The van der Waals surface area contributed by atoms with Crippen LogP contribution < -0.4 is 0 Å².